The number of halogens is 3. The zero-order valence-electron chi connectivity index (χ0n) is 18.5. The molecule has 0 amide bonds. The Morgan fingerprint density at radius 3 is 2.27 bits per heavy atom. The van der Waals surface area contributed by atoms with Crippen LogP contribution in [0.3, 0.4) is 0 Å². The molecule has 0 aromatic heterocycles. The molecule has 1 aliphatic carbocycles. The highest BCUT2D eigenvalue weighted by Gasteiger charge is 2.23. The van der Waals surface area contributed by atoms with Gasteiger partial charge in [0, 0.05) is 17.2 Å². The number of rotatable bonds is 6. The number of hydrogen-bond acceptors (Lipinski definition) is 2. The number of aliphatic hydroxyl groups excluding tert-OH is 1. The van der Waals surface area contributed by atoms with Crippen molar-refractivity contribution < 1.29 is 23.0 Å². The molecular formula is C28H27F3O2. The van der Waals surface area contributed by atoms with Gasteiger partial charge in [-0.25, -0.2) is 13.2 Å². The summed E-state index contributed by atoms with van der Waals surface area (Å²) in [5, 5.41) is 9.14. The monoisotopic (exact) mass is 452 g/mol. The van der Waals surface area contributed by atoms with E-state index in [9.17, 15) is 13.2 Å². The van der Waals surface area contributed by atoms with Crippen molar-refractivity contribution in [1.29, 1.82) is 0 Å². The molecule has 1 saturated carbocycles. The Hall–Kier alpha value is -3.05. The van der Waals surface area contributed by atoms with Gasteiger partial charge in [-0.05, 0) is 60.3 Å². The smallest absolute Gasteiger partial charge is 0.167 e. The van der Waals surface area contributed by atoms with Crippen molar-refractivity contribution in [1.82, 2.24) is 0 Å². The number of ether oxygens (including phenoxy) is 1. The first kappa shape index (κ1) is 23.1. The molecule has 0 unspecified atom stereocenters. The molecule has 1 fully saturated rings. The summed E-state index contributed by atoms with van der Waals surface area (Å²) in [6.07, 6.45) is 7.01. The number of methoxy groups -OCH3 is 1. The lowest BCUT2D eigenvalue weighted by atomic mass is 9.78. The van der Waals surface area contributed by atoms with Crippen LogP contribution in [0.2, 0.25) is 0 Å². The normalized spacial score (nSPS) is 18.6. The highest BCUT2D eigenvalue weighted by Crippen LogP contribution is 2.38. The van der Waals surface area contributed by atoms with Crippen LogP contribution in [0.15, 0.2) is 60.7 Å². The molecule has 1 aliphatic rings. The van der Waals surface area contributed by atoms with Gasteiger partial charge >= 0.3 is 0 Å². The Morgan fingerprint density at radius 1 is 0.909 bits per heavy atom. The molecule has 0 bridgehead atoms. The molecule has 0 spiro atoms. The van der Waals surface area contributed by atoms with Crippen molar-refractivity contribution in [3.05, 3.63) is 94.8 Å². The van der Waals surface area contributed by atoms with Gasteiger partial charge in [0.2, 0.25) is 0 Å². The van der Waals surface area contributed by atoms with E-state index < -0.39 is 11.6 Å². The van der Waals surface area contributed by atoms with Crippen LogP contribution in [0.1, 0.15) is 48.3 Å². The summed E-state index contributed by atoms with van der Waals surface area (Å²) in [4.78, 5) is 0. The first-order valence-electron chi connectivity index (χ1n) is 11.2. The van der Waals surface area contributed by atoms with Gasteiger partial charge in [0.1, 0.15) is 11.6 Å². The van der Waals surface area contributed by atoms with Gasteiger partial charge in [0.25, 0.3) is 0 Å². The fourth-order valence-corrected chi connectivity index (χ4v) is 4.53. The van der Waals surface area contributed by atoms with Crippen molar-refractivity contribution in [2.24, 2.45) is 5.92 Å². The standard InChI is InChI=1S/C28H27F3O2/c1-33-23-13-15-24(26(29)16-23)20-7-2-18(3-8-20)4-11-22-12-14-25(28(31)27(22)30)21-9-5-19(17-32)6-10-21/h4-6,9-16,18,20,32H,2-3,7-8,17H2,1H3. The molecule has 0 radical (unpaired) electrons. The summed E-state index contributed by atoms with van der Waals surface area (Å²) >= 11 is 0. The first-order valence-corrected chi connectivity index (χ1v) is 11.2. The third-order valence-corrected chi connectivity index (χ3v) is 6.53. The number of allylic oxidation sites excluding steroid dienone is 1. The molecule has 0 saturated heterocycles. The minimum atomic E-state index is -0.882. The summed E-state index contributed by atoms with van der Waals surface area (Å²) in [5.41, 5.74) is 2.39. The van der Waals surface area contributed by atoms with Gasteiger partial charge in [-0.3, -0.25) is 0 Å². The third kappa shape index (κ3) is 5.14. The van der Waals surface area contributed by atoms with Crippen LogP contribution in [0.4, 0.5) is 13.2 Å². The summed E-state index contributed by atoms with van der Waals surface area (Å²) in [7, 11) is 1.52. The van der Waals surface area contributed by atoms with Crippen LogP contribution >= 0.6 is 0 Å². The Labute approximate surface area is 192 Å². The van der Waals surface area contributed by atoms with E-state index in [1.807, 2.05) is 6.08 Å². The quantitative estimate of drug-likeness (QED) is 0.427. The van der Waals surface area contributed by atoms with Gasteiger partial charge < -0.3 is 9.84 Å². The van der Waals surface area contributed by atoms with Crippen molar-refractivity contribution in [3.63, 3.8) is 0 Å². The third-order valence-electron chi connectivity index (χ3n) is 6.53. The summed E-state index contributed by atoms with van der Waals surface area (Å²) in [6, 6.07) is 14.9. The van der Waals surface area contributed by atoms with Crippen molar-refractivity contribution in [2.75, 3.05) is 7.11 Å². The molecule has 2 nitrogen and oxygen atoms in total. The lowest BCUT2D eigenvalue weighted by Gasteiger charge is -2.27. The molecule has 0 aliphatic heterocycles. The van der Waals surface area contributed by atoms with Crippen LogP contribution in [0.5, 0.6) is 5.75 Å². The van der Waals surface area contributed by atoms with Gasteiger partial charge in [-0.15, -0.1) is 0 Å². The molecule has 0 heterocycles. The van der Waals surface area contributed by atoms with E-state index in [1.165, 1.54) is 13.2 Å². The number of benzene rings is 3. The average Bonchev–Trinajstić information content (AvgIpc) is 2.85. The summed E-state index contributed by atoms with van der Waals surface area (Å²) < 4.78 is 48.9. The van der Waals surface area contributed by atoms with Crippen LogP contribution < -0.4 is 4.74 Å². The molecule has 33 heavy (non-hydrogen) atoms. The molecule has 3 aromatic rings. The predicted molar refractivity (Wildman–Crippen MR) is 124 cm³/mol. The van der Waals surface area contributed by atoms with E-state index in [0.717, 1.165) is 25.7 Å². The van der Waals surface area contributed by atoms with Crippen LogP contribution in [0, 0.1) is 23.4 Å². The largest absolute Gasteiger partial charge is 0.497 e. The van der Waals surface area contributed by atoms with E-state index in [0.29, 0.717) is 22.4 Å². The maximum atomic E-state index is 14.7. The molecule has 4 rings (SSSR count). The lowest BCUT2D eigenvalue weighted by Crippen LogP contribution is -2.13. The molecule has 1 N–H and O–H groups in total. The first-order chi connectivity index (χ1) is 16.0. The molecule has 5 heteroatoms. The fourth-order valence-electron chi connectivity index (χ4n) is 4.53. The van der Waals surface area contributed by atoms with Gasteiger partial charge in [-0.1, -0.05) is 54.6 Å². The second kappa shape index (κ2) is 10.3. The summed E-state index contributed by atoms with van der Waals surface area (Å²) in [6.45, 7) is -0.0994. The second-order valence-electron chi connectivity index (χ2n) is 8.54. The molecular weight excluding hydrogens is 425 g/mol. The Balaban J connectivity index is 1.42. The van der Waals surface area contributed by atoms with Gasteiger partial charge in [-0.2, -0.15) is 0 Å². The predicted octanol–water partition coefficient (Wildman–Crippen LogP) is 7.26. The number of aliphatic hydroxyl groups is 1. The van der Waals surface area contributed by atoms with Crippen molar-refractivity contribution in [3.8, 4) is 16.9 Å². The maximum absolute atomic E-state index is 14.7. The second-order valence-corrected chi connectivity index (χ2v) is 8.54. The number of hydrogen-bond donors (Lipinski definition) is 1. The molecule has 3 aromatic carbocycles. The molecule has 172 valence electrons. The van der Waals surface area contributed by atoms with E-state index in [4.69, 9.17) is 9.84 Å². The Kier molecular flexibility index (Phi) is 7.19. The van der Waals surface area contributed by atoms with Gasteiger partial charge in [0.15, 0.2) is 11.6 Å². The lowest BCUT2D eigenvalue weighted by molar-refractivity contribution is 0.282. The highest BCUT2D eigenvalue weighted by molar-refractivity contribution is 5.67. The SMILES string of the molecule is COc1ccc(C2CCC(C=Cc3ccc(-c4ccc(CO)cc4)c(F)c3F)CC2)c(F)c1. The zero-order chi connectivity index (χ0) is 23.4. The topological polar surface area (TPSA) is 29.5 Å². The van der Waals surface area contributed by atoms with Crippen LogP contribution in [-0.4, -0.2) is 12.2 Å². The zero-order valence-corrected chi connectivity index (χ0v) is 18.5. The van der Waals surface area contributed by atoms with E-state index in [1.54, 1.807) is 54.6 Å². The average molecular weight is 453 g/mol. The Bertz CT molecular complexity index is 1130. The van der Waals surface area contributed by atoms with E-state index in [2.05, 4.69) is 0 Å². The Morgan fingerprint density at radius 2 is 1.64 bits per heavy atom. The van der Waals surface area contributed by atoms with Crippen LogP contribution in [0.25, 0.3) is 17.2 Å². The minimum absolute atomic E-state index is 0.0994. The van der Waals surface area contributed by atoms with Crippen molar-refractivity contribution in [2.45, 2.75) is 38.2 Å². The molecule has 0 atom stereocenters. The fraction of sp³-hybridized carbons (Fsp3) is 0.286. The highest BCUT2D eigenvalue weighted by atomic mass is 19.2. The summed E-state index contributed by atoms with van der Waals surface area (Å²) in [5.74, 6) is -1.08. The van der Waals surface area contributed by atoms with Crippen LogP contribution in [-0.2, 0) is 6.61 Å². The van der Waals surface area contributed by atoms with Gasteiger partial charge in [0.05, 0.1) is 13.7 Å². The minimum Gasteiger partial charge on any atom is -0.497 e. The van der Waals surface area contributed by atoms with Crippen molar-refractivity contribution >= 4 is 6.08 Å². The maximum Gasteiger partial charge on any atom is 0.167 e. The van der Waals surface area contributed by atoms with E-state index in [-0.39, 0.29) is 35.4 Å². The van der Waals surface area contributed by atoms with E-state index >= 15 is 0 Å².